The molecule has 0 N–H and O–H groups in total. The second-order valence-electron chi connectivity index (χ2n) is 2.84. The van der Waals surface area contributed by atoms with Crippen LogP contribution >= 0.6 is 0 Å². The van der Waals surface area contributed by atoms with E-state index in [1.165, 1.54) is 6.20 Å². The van der Waals surface area contributed by atoms with Gasteiger partial charge in [0, 0.05) is 18.7 Å². The number of aryl methyl sites for hydroxylation is 1. The van der Waals surface area contributed by atoms with Gasteiger partial charge in [0.25, 0.3) is 0 Å². The molecule has 70 valence electrons. The van der Waals surface area contributed by atoms with Gasteiger partial charge >= 0.3 is 0 Å². The Labute approximate surface area is 80.6 Å². The number of pyridine rings is 1. The number of aldehydes is 1. The molecule has 0 aliphatic carbocycles. The van der Waals surface area contributed by atoms with Gasteiger partial charge in [0.05, 0.1) is 6.20 Å². The van der Waals surface area contributed by atoms with E-state index in [0.717, 1.165) is 6.29 Å². The van der Waals surface area contributed by atoms with Gasteiger partial charge in [-0.25, -0.2) is 4.98 Å². The molecule has 0 aliphatic heterocycles. The van der Waals surface area contributed by atoms with Gasteiger partial charge in [-0.1, -0.05) is 0 Å². The van der Waals surface area contributed by atoms with Crippen molar-refractivity contribution in [3.63, 3.8) is 0 Å². The van der Waals surface area contributed by atoms with E-state index in [4.69, 9.17) is 4.42 Å². The van der Waals surface area contributed by atoms with Crippen molar-refractivity contribution >= 4 is 6.29 Å². The largest absolute Gasteiger partial charge is 0.439 e. The SMILES string of the molecule is Cc1ncc(-c2ccc(C=O)cn2)o1. The number of aromatic nitrogens is 2. The fourth-order valence-corrected chi connectivity index (χ4v) is 1.10. The number of carbonyl (C=O) groups is 1. The monoisotopic (exact) mass is 188 g/mol. The fraction of sp³-hybridized carbons (Fsp3) is 0.100. The molecule has 2 aromatic heterocycles. The minimum Gasteiger partial charge on any atom is -0.439 e. The first-order valence-corrected chi connectivity index (χ1v) is 4.13. The summed E-state index contributed by atoms with van der Waals surface area (Å²) in [5.74, 6) is 1.21. The van der Waals surface area contributed by atoms with Crippen molar-refractivity contribution in [3.8, 4) is 11.5 Å². The van der Waals surface area contributed by atoms with Crippen LogP contribution in [0.25, 0.3) is 11.5 Å². The zero-order chi connectivity index (χ0) is 9.97. The van der Waals surface area contributed by atoms with E-state index in [-0.39, 0.29) is 0 Å². The van der Waals surface area contributed by atoms with Crippen LogP contribution in [0.2, 0.25) is 0 Å². The summed E-state index contributed by atoms with van der Waals surface area (Å²) in [6.07, 6.45) is 3.86. The molecule has 0 radical (unpaired) electrons. The average Bonchev–Trinajstić information content (AvgIpc) is 2.65. The quantitative estimate of drug-likeness (QED) is 0.675. The van der Waals surface area contributed by atoms with Crippen molar-refractivity contribution in [1.82, 2.24) is 9.97 Å². The average molecular weight is 188 g/mol. The van der Waals surface area contributed by atoms with Gasteiger partial charge in [-0.3, -0.25) is 9.78 Å². The normalized spacial score (nSPS) is 10.1. The Morgan fingerprint density at radius 3 is 2.64 bits per heavy atom. The minimum absolute atomic E-state index is 0.546. The summed E-state index contributed by atoms with van der Waals surface area (Å²) in [6, 6.07) is 3.41. The van der Waals surface area contributed by atoms with Gasteiger partial charge in [0.1, 0.15) is 5.69 Å². The molecule has 2 heterocycles. The molecular weight excluding hydrogens is 180 g/mol. The molecule has 0 amide bonds. The third kappa shape index (κ3) is 1.54. The molecule has 0 bridgehead atoms. The summed E-state index contributed by atoms with van der Waals surface area (Å²) in [4.78, 5) is 18.4. The Bertz CT molecular complexity index is 445. The summed E-state index contributed by atoms with van der Waals surface area (Å²) in [5.41, 5.74) is 1.22. The number of carbonyl (C=O) groups excluding carboxylic acids is 1. The van der Waals surface area contributed by atoms with E-state index >= 15 is 0 Å². The molecule has 0 aromatic carbocycles. The number of oxazole rings is 1. The summed E-state index contributed by atoms with van der Waals surface area (Å²) in [5, 5.41) is 0. The van der Waals surface area contributed by atoms with Crippen LogP contribution in [0.3, 0.4) is 0 Å². The molecule has 0 fully saturated rings. The van der Waals surface area contributed by atoms with Crippen molar-refractivity contribution in [2.75, 3.05) is 0 Å². The highest BCUT2D eigenvalue weighted by atomic mass is 16.4. The lowest BCUT2D eigenvalue weighted by Crippen LogP contribution is -1.84. The maximum Gasteiger partial charge on any atom is 0.191 e. The highest BCUT2D eigenvalue weighted by Gasteiger charge is 2.04. The van der Waals surface area contributed by atoms with Crippen LogP contribution in [0.1, 0.15) is 16.2 Å². The van der Waals surface area contributed by atoms with E-state index in [1.807, 2.05) is 0 Å². The van der Waals surface area contributed by atoms with E-state index in [2.05, 4.69) is 9.97 Å². The predicted molar refractivity (Wildman–Crippen MR) is 49.9 cm³/mol. The van der Waals surface area contributed by atoms with Crippen LogP contribution in [-0.4, -0.2) is 16.3 Å². The van der Waals surface area contributed by atoms with Gasteiger partial charge in [-0.05, 0) is 12.1 Å². The molecule has 2 rings (SSSR count). The fourth-order valence-electron chi connectivity index (χ4n) is 1.10. The van der Waals surface area contributed by atoms with Crippen LogP contribution in [0.15, 0.2) is 28.9 Å². The van der Waals surface area contributed by atoms with Crippen molar-refractivity contribution < 1.29 is 9.21 Å². The number of nitrogens with zero attached hydrogens (tertiary/aromatic N) is 2. The molecule has 4 nitrogen and oxygen atoms in total. The number of rotatable bonds is 2. The van der Waals surface area contributed by atoms with Crippen molar-refractivity contribution in [2.45, 2.75) is 6.92 Å². The molecule has 0 spiro atoms. The second kappa shape index (κ2) is 3.41. The maximum absolute atomic E-state index is 10.4. The molecule has 0 saturated heterocycles. The lowest BCUT2D eigenvalue weighted by molar-refractivity contribution is 0.112. The molecule has 0 aliphatic rings. The second-order valence-corrected chi connectivity index (χ2v) is 2.84. The van der Waals surface area contributed by atoms with Crippen molar-refractivity contribution in [2.24, 2.45) is 0 Å². The third-order valence-corrected chi connectivity index (χ3v) is 1.80. The Morgan fingerprint density at radius 1 is 1.29 bits per heavy atom. The van der Waals surface area contributed by atoms with Crippen LogP contribution in [0.4, 0.5) is 0 Å². The zero-order valence-electron chi connectivity index (χ0n) is 7.60. The number of hydrogen-bond acceptors (Lipinski definition) is 4. The summed E-state index contributed by atoms with van der Waals surface area (Å²) in [7, 11) is 0. The van der Waals surface area contributed by atoms with Crippen LogP contribution in [0.5, 0.6) is 0 Å². The maximum atomic E-state index is 10.4. The first kappa shape index (κ1) is 8.62. The third-order valence-electron chi connectivity index (χ3n) is 1.80. The lowest BCUT2D eigenvalue weighted by Gasteiger charge is -1.94. The highest BCUT2D eigenvalue weighted by Crippen LogP contribution is 2.17. The van der Waals surface area contributed by atoms with Gasteiger partial charge in [-0.2, -0.15) is 0 Å². The Hall–Kier alpha value is -1.97. The first-order valence-electron chi connectivity index (χ1n) is 4.13. The Kier molecular flexibility index (Phi) is 2.10. The van der Waals surface area contributed by atoms with Crippen LogP contribution < -0.4 is 0 Å². The predicted octanol–water partition coefficient (Wildman–Crippen LogP) is 1.86. The van der Waals surface area contributed by atoms with Crippen LogP contribution in [0, 0.1) is 6.92 Å². The van der Waals surface area contributed by atoms with Gasteiger partial charge in [0.15, 0.2) is 17.9 Å². The Morgan fingerprint density at radius 2 is 2.14 bits per heavy atom. The van der Waals surface area contributed by atoms with Crippen molar-refractivity contribution in [1.29, 1.82) is 0 Å². The topological polar surface area (TPSA) is 56.0 Å². The summed E-state index contributed by atoms with van der Waals surface area (Å²) < 4.78 is 5.28. The molecule has 0 saturated carbocycles. The summed E-state index contributed by atoms with van der Waals surface area (Å²) in [6.45, 7) is 1.77. The molecule has 14 heavy (non-hydrogen) atoms. The molecule has 4 heteroatoms. The summed E-state index contributed by atoms with van der Waals surface area (Å²) >= 11 is 0. The van der Waals surface area contributed by atoms with Gasteiger partial charge < -0.3 is 4.42 Å². The smallest absolute Gasteiger partial charge is 0.191 e. The standard InChI is InChI=1S/C10H8N2O2/c1-7-11-5-10(14-7)9-3-2-8(6-13)4-12-9/h2-6H,1H3. The number of hydrogen-bond donors (Lipinski definition) is 0. The molecule has 2 aromatic rings. The first-order chi connectivity index (χ1) is 6.79. The lowest BCUT2D eigenvalue weighted by atomic mass is 10.2. The van der Waals surface area contributed by atoms with Gasteiger partial charge in [-0.15, -0.1) is 0 Å². The zero-order valence-corrected chi connectivity index (χ0v) is 7.60. The highest BCUT2D eigenvalue weighted by molar-refractivity contribution is 5.74. The van der Waals surface area contributed by atoms with E-state index in [9.17, 15) is 4.79 Å². The van der Waals surface area contributed by atoms with E-state index < -0.39 is 0 Å². The van der Waals surface area contributed by atoms with Crippen LogP contribution in [-0.2, 0) is 0 Å². The van der Waals surface area contributed by atoms with Crippen molar-refractivity contribution in [3.05, 3.63) is 36.0 Å². The van der Waals surface area contributed by atoms with E-state index in [0.29, 0.717) is 22.9 Å². The molecule has 0 atom stereocenters. The minimum atomic E-state index is 0.546. The van der Waals surface area contributed by atoms with E-state index in [1.54, 1.807) is 25.3 Å². The Balaban J connectivity index is 2.38. The molecule has 0 unspecified atom stereocenters. The molecular formula is C10H8N2O2. The van der Waals surface area contributed by atoms with Gasteiger partial charge in [0.2, 0.25) is 0 Å².